The summed E-state index contributed by atoms with van der Waals surface area (Å²) in [7, 11) is -3.99. The fourth-order valence-electron chi connectivity index (χ4n) is 4.98. The second-order valence-electron chi connectivity index (χ2n) is 10.5. The van der Waals surface area contributed by atoms with Crippen molar-refractivity contribution >= 4 is 22.3 Å². The molecule has 0 bridgehead atoms. The van der Waals surface area contributed by atoms with E-state index in [1.165, 1.54) is 34.8 Å². The minimum atomic E-state index is -3.99. The number of hydrogen-bond donors (Lipinski definition) is 3. The maximum absolute atomic E-state index is 13.6. The van der Waals surface area contributed by atoms with Gasteiger partial charge in [0.05, 0.1) is 42.4 Å². The summed E-state index contributed by atoms with van der Waals surface area (Å²) in [6.07, 6.45) is -0.595. The summed E-state index contributed by atoms with van der Waals surface area (Å²) < 4.78 is 45.1. The van der Waals surface area contributed by atoms with E-state index in [9.17, 15) is 18.3 Å². The van der Waals surface area contributed by atoms with Crippen LogP contribution in [0.5, 0.6) is 0 Å². The van der Waals surface area contributed by atoms with Gasteiger partial charge in [-0.1, -0.05) is 61.5 Å². The van der Waals surface area contributed by atoms with Gasteiger partial charge in [-0.2, -0.15) is 4.31 Å². The Balaban J connectivity index is 1.51. The second-order valence-corrected chi connectivity index (χ2v) is 12.4. The largest absolute Gasteiger partial charge is 0.443 e. The van der Waals surface area contributed by atoms with Crippen LogP contribution in [0.2, 0.25) is 0 Å². The van der Waals surface area contributed by atoms with Crippen LogP contribution in [0.25, 0.3) is 0 Å². The van der Waals surface area contributed by atoms with Gasteiger partial charge in [0.15, 0.2) is 6.29 Å². The molecule has 12 heteroatoms. The number of sulfonamides is 1. The van der Waals surface area contributed by atoms with E-state index in [1.54, 1.807) is 0 Å². The van der Waals surface area contributed by atoms with Gasteiger partial charge in [0.2, 0.25) is 10.0 Å². The number of alkyl carbamates (subject to hydrolysis) is 1. The third-order valence-electron chi connectivity index (χ3n) is 6.99. The molecule has 2 fully saturated rings. The zero-order valence-electron chi connectivity index (χ0n) is 22.6. The number of nitrogens with one attached hydrogen (secondary N) is 1. The molecule has 0 saturated carbocycles. The van der Waals surface area contributed by atoms with E-state index in [1.807, 2.05) is 44.2 Å². The molecule has 0 aliphatic carbocycles. The van der Waals surface area contributed by atoms with Gasteiger partial charge < -0.3 is 29.8 Å². The van der Waals surface area contributed by atoms with Crippen LogP contribution in [0.4, 0.5) is 4.79 Å². The Morgan fingerprint density at radius 1 is 1.15 bits per heavy atom. The lowest BCUT2D eigenvalue weighted by molar-refractivity contribution is -0.0907. The Morgan fingerprint density at radius 3 is 2.55 bits per heavy atom. The van der Waals surface area contributed by atoms with E-state index in [0.29, 0.717) is 12.2 Å². The standard InChI is InChI=1S/C28H37N3O8S/c1-19(2)16-31(40(35,36)22-10-8-21(9-11-22)15-29-34)17-25(32)24(14-20-6-4-3-5-7-20)30-28(33)39-26-18-38-27-23(26)12-13-37-27/h3-11,15,19,23-27,32,34H,12-14,16-18H2,1-2H3,(H,30,33)/b29-15+/t23?,24-,25+,26?,27?/m0/s1. The minimum Gasteiger partial charge on any atom is -0.443 e. The lowest BCUT2D eigenvalue weighted by Gasteiger charge is -2.31. The fourth-order valence-corrected chi connectivity index (χ4v) is 6.60. The molecule has 3 unspecified atom stereocenters. The van der Waals surface area contributed by atoms with E-state index in [2.05, 4.69) is 10.5 Å². The van der Waals surface area contributed by atoms with Crippen LogP contribution in [-0.2, 0) is 30.7 Å². The summed E-state index contributed by atoms with van der Waals surface area (Å²) >= 11 is 0. The Morgan fingerprint density at radius 2 is 1.88 bits per heavy atom. The molecule has 3 N–H and O–H groups in total. The number of amides is 1. The van der Waals surface area contributed by atoms with E-state index in [-0.39, 0.29) is 49.1 Å². The van der Waals surface area contributed by atoms with Crippen LogP contribution >= 0.6 is 0 Å². The number of fused-ring (bicyclic) bond motifs is 1. The van der Waals surface area contributed by atoms with Crippen molar-refractivity contribution in [3.63, 3.8) is 0 Å². The molecular weight excluding hydrogens is 538 g/mol. The predicted octanol–water partition coefficient (Wildman–Crippen LogP) is 2.60. The molecule has 4 rings (SSSR count). The topological polar surface area (TPSA) is 147 Å². The van der Waals surface area contributed by atoms with Crippen LogP contribution in [0.15, 0.2) is 64.6 Å². The smallest absolute Gasteiger partial charge is 0.407 e. The van der Waals surface area contributed by atoms with Crippen LogP contribution in [0.3, 0.4) is 0 Å². The van der Waals surface area contributed by atoms with Crippen molar-refractivity contribution in [3.8, 4) is 0 Å². The Kier molecular flexibility index (Phi) is 10.1. The maximum Gasteiger partial charge on any atom is 0.407 e. The van der Waals surface area contributed by atoms with Crippen molar-refractivity contribution in [1.29, 1.82) is 0 Å². The third-order valence-corrected chi connectivity index (χ3v) is 8.84. The van der Waals surface area contributed by atoms with Gasteiger partial charge in [0.25, 0.3) is 0 Å². The minimum absolute atomic E-state index is 0.0304. The molecule has 218 valence electrons. The highest BCUT2D eigenvalue weighted by Gasteiger charge is 2.44. The number of ether oxygens (including phenoxy) is 3. The van der Waals surface area contributed by atoms with Crippen molar-refractivity contribution < 1.29 is 37.7 Å². The average molecular weight is 576 g/mol. The molecule has 2 aliphatic heterocycles. The van der Waals surface area contributed by atoms with E-state index in [4.69, 9.17) is 19.4 Å². The lowest BCUT2D eigenvalue weighted by Crippen LogP contribution is -2.51. The Hall–Kier alpha value is -3.03. The second kappa shape index (κ2) is 13.6. The van der Waals surface area contributed by atoms with Crippen molar-refractivity contribution in [2.75, 3.05) is 26.3 Å². The van der Waals surface area contributed by atoms with Gasteiger partial charge >= 0.3 is 6.09 Å². The van der Waals surface area contributed by atoms with Gasteiger partial charge in [-0.25, -0.2) is 13.2 Å². The molecule has 2 heterocycles. The highest BCUT2D eigenvalue weighted by Crippen LogP contribution is 2.33. The summed E-state index contributed by atoms with van der Waals surface area (Å²) in [4.78, 5) is 13.0. The van der Waals surface area contributed by atoms with Crippen molar-refractivity contribution in [2.45, 2.75) is 56.1 Å². The predicted molar refractivity (Wildman–Crippen MR) is 147 cm³/mol. The number of oxime groups is 1. The SMILES string of the molecule is CC(C)CN(C[C@@H](O)[C@H](Cc1ccccc1)NC(=O)OC1COC2OCCC12)S(=O)(=O)c1ccc(/C=N/O)cc1. The number of aliphatic hydroxyl groups is 1. The van der Waals surface area contributed by atoms with Crippen LogP contribution in [-0.4, -0.2) is 86.2 Å². The van der Waals surface area contributed by atoms with Gasteiger partial charge in [-0.3, -0.25) is 0 Å². The first-order valence-corrected chi connectivity index (χ1v) is 14.8. The van der Waals surface area contributed by atoms with Crippen molar-refractivity contribution in [3.05, 3.63) is 65.7 Å². The molecule has 2 saturated heterocycles. The number of nitrogens with zero attached hydrogens (tertiary/aromatic N) is 2. The van der Waals surface area contributed by atoms with Gasteiger partial charge in [0, 0.05) is 13.1 Å². The molecule has 2 aliphatic rings. The monoisotopic (exact) mass is 575 g/mol. The molecule has 5 atom stereocenters. The Bertz CT molecular complexity index is 1240. The average Bonchev–Trinajstić information content (AvgIpc) is 3.54. The number of carbonyl (C=O) groups is 1. The summed E-state index contributed by atoms with van der Waals surface area (Å²) in [6.45, 7) is 4.46. The van der Waals surface area contributed by atoms with Crippen molar-refractivity contribution in [1.82, 2.24) is 9.62 Å². The summed E-state index contributed by atoms with van der Waals surface area (Å²) in [5, 5.41) is 25.8. The highest BCUT2D eigenvalue weighted by molar-refractivity contribution is 7.89. The summed E-state index contributed by atoms with van der Waals surface area (Å²) in [5.74, 6) is -0.0674. The van der Waals surface area contributed by atoms with Crippen LogP contribution < -0.4 is 5.32 Å². The van der Waals surface area contributed by atoms with E-state index < -0.39 is 34.4 Å². The first kappa shape index (κ1) is 29.9. The third kappa shape index (κ3) is 7.58. The lowest BCUT2D eigenvalue weighted by atomic mass is 10.0. The normalized spacial score (nSPS) is 22.5. The summed E-state index contributed by atoms with van der Waals surface area (Å²) in [5.41, 5.74) is 1.39. The molecule has 0 spiro atoms. The van der Waals surface area contributed by atoms with Crippen LogP contribution in [0.1, 0.15) is 31.4 Å². The van der Waals surface area contributed by atoms with Crippen LogP contribution in [0, 0.1) is 11.8 Å². The zero-order valence-corrected chi connectivity index (χ0v) is 23.4. The zero-order chi connectivity index (χ0) is 28.7. The Labute approximate surface area is 234 Å². The van der Waals surface area contributed by atoms with Gasteiger partial charge in [-0.15, -0.1) is 0 Å². The number of hydrogen-bond acceptors (Lipinski definition) is 9. The number of rotatable bonds is 12. The molecule has 11 nitrogen and oxygen atoms in total. The molecule has 1 amide bonds. The van der Waals surface area contributed by atoms with Gasteiger partial charge in [0.1, 0.15) is 6.10 Å². The molecule has 2 aromatic rings. The molecule has 0 aromatic heterocycles. The summed E-state index contributed by atoms with van der Waals surface area (Å²) in [6, 6.07) is 14.4. The quantitative estimate of drug-likeness (QED) is 0.199. The molecular formula is C28H37N3O8S. The first-order chi connectivity index (χ1) is 19.2. The first-order valence-electron chi connectivity index (χ1n) is 13.4. The molecule has 2 aromatic carbocycles. The van der Waals surface area contributed by atoms with Crippen molar-refractivity contribution in [2.24, 2.45) is 17.0 Å². The molecule has 0 radical (unpaired) electrons. The van der Waals surface area contributed by atoms with E-state index >= 15 is 0 Å². The number of carbonyl (C=O) groups excluding carboxylic acids is 1. The highest BCUT2D eigenvalue weighted by atomic mass is 32.2. The number of aliphatic hydroxyl groups excluding tert-OH is 1. The van der Waals surface area contributed by atoms with E-state index in [0.717, 1.165) is 12.0 Å². The van der Waals surface area contributed by atoms with Gasteiger partial charge in [-0.05, 0) is 42.0 Å². The molecule has 40 heavy (non-hydrogen) atoms. The maximum atomic E-state index is 13.6. The fraction of sp³-hybridized carbons (Fsp3) is 0.500. The number of benzene rings is 2.